The number of pyridine rings is 2. The quantitative estimate of drug-likeness (QED) is 0.228. The molecular weight excluding hydrogens is 456 g/mol. The van der Waals surface area contributed by atoms with Gasteiger partial charge in [0.1, 0.15) is 11.3 Å². The minimum absolute atomic E-state index is 0.168. The Balaban J connectivity index is 1.36. The molecule has 3 N–H and O–H groups in total. The van der Waals surface area contributed by atoms with Gasteiger partial charge < -0.3 is 10.3 Å². The topological polar surface area (TPSA) is 82.3 Å². The molecule has 6 rings (SSSR count). The smallest absolute Gasteiger partial charge is 0.138 e. The SMILES string of the molecule is C=C(CC(C)(C)C)Nc1cncc(-c2ccc3[nH]nc(-c4cc5c(C6=CCC=C6)ccnc5[nH]4)c3c2)c1. The summed E-state index contributed by atoms with van der Waals surface area (Å²) >= 11 is 0. The highest BCUT2D eigenvalue weighted by molar-refractivity contribution is 6.00. The number of nitrogens with zero attached hydrogens (tertiary/aromatic N) is 3. The van der Waals surface area contributed by atoms with E-state index in [1.54, 1.807) is 0 Å². The van der Waals surface area contributed by atoms with Crippen LogP contribution in [0.15, 0.2) is 85.5 Å². The van der Waals surface area contributed by atoms with Gasteiger partial charge >= 0.3 is 0 Å². The number of benzene rings is 1. The van der Waals surface area contributed by atoms with Crippen LogP contribution in [-0.4, -0.2) is 25.1 Å². The van der Waals surface area contributed by atoms with E-state index in [0.717, 1.165) is 68.7 Å². The average Bonchev–Trinajstić information content (AvgIpc) is 3.61. The van der Waals surface area contributed by atoms with Crippen LogP contribution >= 0.6 is 0 Å². The zero-order chi connectivity index (χ0) is 25.6. The van der Waals surface area contributed by atoms with Crippen molar-refractivity contribution in [1.29, 1.82) is 0 Å². The zero-order valence-corrected chi connectivity index (χ0v) is 21.4. The van der Waals surface area contributed by atoms with Crippen molar-refractivity contribution in [2.45, 2.75) is 33.6 Å². The van der Waals surface area contributed by atoms with Crippen LogP contribution in [0, 0.1) is 5.41 Å². The molecule has 4 heterocycles. The minimum atomic E-state index is 0.168. The molecule has 1 aliphatic carbocycles. The van der Waals surface area contributed by atoms with E-state index in [2.05, 4.69) is 112 Å². The van der Waals surface area contributed by atoms with Crippen LogP contribution in [0.2, 0.25) is 0 Å². The predicted octanol–water partition coefficient (Wildman–Crippen LogP) is 7.87. The zero-order valence-electron chi connectivity index (χ0n) is 21.4. The summed E-state index contributed by atoms with van der Waals surface area (Å²) in [7, 11) is 0. The molecule has 0 unspecified atom stereocenters. The molecule has 4 aromatic heterocycles. The number of fused-ring (bicyclic) bond motifs is 2. The maximum Gasteiger partial charge on any atom is 0.138 e. The summed E-state index contributed by atoms with van der Waals surface area (Å²) < 4.78 is 0. The van der Waals surface area contributed by atoms with Crippen molar-refractivity contribution in [1.82, 2.24) is 25.1 Å². The molecule has 0 saturated carbocycles. The van der Waals surface area contributed by atoms with Gasteiger partial charge in [-0.2, -0.15) is 5.10 Å². The van der Waals surface area contributed by atoms with Gasteiger partial charge in [0.05, 0.1) is 23.1 Å². The first-order chi connectivity index (χ1) is 17.8. The Morgan fingerprint density at radius 3 is 2.76 bits per heavy atom. The molecule has 6 heteroatoms. The van der Waals surface area contributed by atoms with Crippen LogP contribution in [0.4, 0.5) is 5.69 Å². The van der Waals surface area contributed by atoms with Crippen molar-refractivity contribution < 1.29 is 0 Å². The summed E-state index contributed by atoms with van der Waals surface area (Å²) in [5.41, 5.74) is 10.3. The normalized spacial score (nSPS) is 13.4. The standard InChI is InChI=1S/C31H30N6/c1-19(16-31(2,3)4)34-23-13-22(17-32-18-23)21-9-10-27-26(14-21)29(37-36-27)28-15-25-24(20-7-5-6-8-20)11-12-33-30(25)35-28/h5,7-15,17-18,34H,1,6,16H2,2-4H3,(H,33,35)(H,36,37). The second-order valence-electron chi connectivity index (χ2n) is 10.9. The molecule has 184 valence electrons. The van der Waals surface area contributed by atoms with E-state index >= 15 is 0 Å². The first kappa shape index (κ1) is 23.0. The van der Waals surface area contributed by atoms with E-state index in [-0.39, 0.29) is 5.41 Å². The second-order valence-corrected chi connectivity index (χ2v) is 10.9. The fourth-order valence-corrected chi connectivity index (χ4v) is 5.02. The molecule has 0 amide bonds. The number of allylic oxidation sites excluding steroid dienone is 5. The van der Waals surface area contributed by atoms with Crippen LogP contribution in [0.1, 0.15) is 39.2 Å². The Labute approximate surface area is 216 Å². The fourth-order valence-electron chi connectivity index (χ4n) is 5.02. The lowest BCUT2D eigenvalue weighted by molar-refractivity contribution is 0.411. The van der Waals surface area contributed by atoms with E-state index in [1.165, 1.54) is 11.1 Å². The molecule has 0 spiro atoms. The number of nitrogens with one attached hydrogen (secondary N) is 3. The van der Waals surface area contributed by atoms with Gasteiger partial charge in [-0.3, -0.25) is 10.1 Å². The molecule has 0 bridgehead atoms. The largest absolute Gasteiger partial charge is 0.358 e. The van der Waals surface area contributed by atoms with Gasteiger partial charge in [0.25, 0.3) is 0 Å². The molecular formula is C31H30N6. The van der Waals surface area contributed by atoms with Crippen LogP contribution in [0.3, 0.4) is 0 Å². The van der Waals surface area contributed by atoms with Gasteiger partial charge in [0.2, 0.25) is 0 Å². The molecule has 0 radical (unpaired) electrons. The maximum atomic E-state index is 4.66. The summed E-state index contributed by atoms with van der Waals surface area (Å²) in [5.74, 6) is 0. The number of rotatable bonds is 6. The summed E-state index contributed by atoms with van der Waals surface area (Å²) in [6, 6.07) is 12.7. The summed E-state index contributed by atoms with van der Waals surface area (Å²) in [6.07, 6.45) is 14.0. The van der Waals surface area contributed by atoms with E-state index in [1.807, 2.05) is 18.6 Å². The molecule has 0 saturated heterocycles. The van der Waals surface area contributed by atoms with Crippen LogP contribution in [0.25, 0.3) is 50.0 Å². The molecule has 0 aliphatic heterocycles. The number of hydrogen-bond acceptors (Lipinski definition) is 4. The Bertz CT molecular complexity index is 1710. The van der Waals surface area contributed by atoms with Gasteiger partial charge in [-0.05, 0) is 65.3 Å². The lowest BCUT2D eigenvalue weighted by Gasteiger charge is -2.20. The molecule has 0 fully saturated rings. The highest BCUT2D eigenvalue weighted by Crippen LogP contribution is 2.35. The van der Waals surface area contributed by atoms with Gasteiger partial charge in [0.15, 0.2) is 0 Å². The molecule has 1 aliphatic rings. The fraction of sp³-hybridized carbons (Fsp3) is 0.194. The number of anilines is 1. The van der Waals surface area contributed by atoms with E-state index in [9.17, 15) is 0 Å². The molecule has 6 nitrogen and oxygen atoms in total. The van der Waals surface area contributed by atoms with Crippen molar-refractivity contribution in [2.24, 2.45) is 5.41 Å². The molecule has 5 aromatic rings. The number of aromatic nitrogens is 5. The highest BCUT2D eigenvalue weighted by Gasteiger charge is 2.16. The van der Waals surface area contributed by atoms with E-state index in [0.29, 0.717) is 0 Å². The monoisotopic (exact) mass is 486 g/mol. The lowest BCUT2D eigenvalue weighted by atomic mass is 9.91. The summed E-state index contributed by atoms with van der Waals surface area (Å²) in [6.45, 7) is 10.8. The Hall–Kier alpha value is -4.45. The van der Waals surface area contributed by atoms with E-state index < -0.39 is 0 Å². The van der Waals surface area contributed by atoms with Crippen molar-refractivity contribution in [3.63, 3.8) is 0 Å². The lowest BCUT2D eigenvalue weighted by Crippen LogP contribution is -2.10. The Morgan fingerprint density at radius 2 is 1.95 bits per heavy atom. The van der Waals surface area contributed by atoms with Gasteiger partial charge in [-0.25, -0.2) is 4.98 Å². The molecule has 1 aromatic carbocycles. The maximum absolute atomic E-state index is 4.66. The second kappa shape index (κ2) is 8.89. The van der Waals surface area contributed by atoms with Crippen molar-refractivity contribution in [2.75, 3.05) is 5.32 Å². The van der Waals surface area contributed by atoms with Crippen LogP contribution < -0.4 is 5.32 Å². The van der Waals surface area contributed by atoms with Gasteiger partial charge in [-0.15, -0.1) is 0 Å². The van der Waals surface area contributed by atoms with E-state index in [4.69, 9.17) is 0 Å². The number of hydrogen-bond donors (Lipinski definition) is 3. The summed E-state index contributed by atoms with van der Waals surface area (Å²) in [4.78, 5) is 12.5. The Kier molecular flexibility index (Phi) is 5.52. The number of aromatic amines is 2. The molecule has 37 heavy (non-hydrogen) atoms. The number of H-pyrrole nitrogens is 2. The van der Waals surface area contributed by atoms with Crippen LogP contribution in [-0.2, 0) is 0 Å². The van der Waals surface area contributed by atoms with Gasteiger partial charge in [-0.1, -0.05) is 51.6 Å². The highest BCUT2D eigenvalue weighted by atomic mass is 15.1. The third-order valence-electron chi connectivity index (χ3n) is 6.57. The first-order valence-corrected chi connectivity index (χ1v) is 12.6. The first-order valence-electron chi connectivity index (χ1n) is 12.6. The van der Waals surface area contributed by atoms with Gasteiger partial charge in [0, 0.05) is 34.4 Å². The minimum Gasteiger partial charge on any atom is -0.358 e. The summed E-state index contributed by atoms with van der Waals surface area (Å²) in [5, 5.41) is 13.4. The Morgan fingerprint density at radius 1 is 1.05 bits per heavy atom. The molecule has 0 atom stereocenters. The van der Waals surface area contributed by atoms with Crippen molar-refractivity contribution in [3.05, 3.63) is 91.1 Å². The predicted molar refractivity (Wildman–Crippen MR) is 153 cm³/mol. The van der Waals surface area contributed by atoms with Crippen molar-refractivity contribution >= 4 is 33.2 Å². The van der Waals surface area contributed by atoms with Crippen LogP contribution in [0.5, 0.6) is 0 Å². The van der Waals surface area contributed by atoms with Crippen molar-refractivity contribution in [3.8, 4) is 22.5 Å². The average molecular weight is 487 g/mol. The third-order valence-corrected chi connectivity index (χ3v) is 6.57. The third kappa shape index (κ3) is 4.58.